The zero-order valence-corrected chi connectivity index (χ0v) is 21.9. The van der Waals surface area contributed by atoms with Gasteiger partial charge in [0.25, 0.3) is 0 Å². The van der Waals surface area contributed by atoms with E-state index in [2.05, 4.69) is 10.2 Å². The summed E-state index contributed by atoms with van der Waals surface area (Å²) in [6.07, 6.45) is 2.01. The standard InChI is InChI=1S/C25H27Cl2N7O/c1-14(2)34-25(20(27)12-28-34)21-11-22-32(23(35)8-9-33(22)30-21)13-17-6-7-18(19(26)10-17)24-15(3)29-31(5)16(24)4/h6-7,10-12,14H,8-9,13H2,1-5H3. The molecule has 35 heavy (non-hydrogen) atoms. The van der Waals surface area contributed by atoms with E-state index < -0.39 is 0 Å². The van der Waals surface area contributed by atoms with E-state index in [4.69, 9.17) is 28.3 Å². The third kappa shape index (κ3) is 4.04. The molecule has 10 heteroatoms. The van der Waals surface area contributed by atoms with E-state index in [1.165, 1.54) is 0 Å². The van der Waals surface area contributed by atoms with Crippen molar-refractivity contribution in [3.05, 3.63) is 57.5 Å². The SMILES string of the molecule is Cc1nn(C)c(C)c1-c1ccc(CN2C(=O)CCn3nc(-c4c(Cl)cnn4C(C)C)cc32)cc1Cl. The van der Waals surface area contributed by atoms with Crippen LogP contribution in [0.3, 0.4) is 0 Å². The van der Waals surface area contributed by atoms with Crippen LogP contribution in [-0.2, 0) is 24.9 Å². The first-order chi connectivity index (χ1) is 16.7. The lowest BCUT2D eigenvalue weighted by Crippen LogP contribution is -2.36. The molecular weight excluding hydrogens is 485 g/mol. The molecule has 0 bridgehead atoms. The molecule has 0 radical (unpaired) electrons. The van der Waals surface area contributed by atoms with E-state index >= 15 is 0 Å². The number of hydrogen-bond acceptors (Lipinski definition) is 4. The molecule has 182 valence electrons. The molecule has 0 unspecified atom stereocenters. The van der Waals surface area contributed by atoms with Crippen molar-refractivity contribution < 1.29 is 4.79 Å². The smallest absolute Gasteiger partial charge is 0.230 e. The fourth-order valence-electron chi connectivity index (χ4n) is 4.72. The van der Waals surface area contributed by atoms with Crippen LogP contribution in [0.25, 0.3) is 22.5 Å². The number of anilines is 1. The van der Waals surface area contributed by atoms with E-state index in [0.29, 0.717) is 35.2 Å². The molecule has 0 saturated carbocycles. The maximum absolute atomic E-state index is 13.0. The minimum Gasteiger partial charge on any atom is -0.292 e. The second kappa shape index (κ2) is 8.84. The molecule has 4 aromatic rings. The van der Waals surface area contributed by atoms with E-state index in [-0.39, 0.29) is 11.9 Å². The van der Waals surface area contributed by atoms with Gasteiger partial charge in [0, 0.05) is 47.4 Å². The number of amides is 1. The Labute approximate surface area is 214 Å². The fraction of sp³-hybridized carbons (Fsp3) is 0.360. The summed E-state index contributed by atoms with van der Waals surface area (Å²) in [4.78, 5) is 14.7. The van der Waals surface area contributed by atoms with Gasteiger partial charge in [-0.05, 0) is 39.3 Å². The molecule has 0 fully saturated rings. The van der Waals surface area contributed by atoms with Crippen LogP contribution < -0.4 is 4.90 Å². The van der Waals surface area contributed by atoms with Crippen LogP contribution >= 0.6 is 23.2 Å². The Morgan fingerprint density at radius 3 is 2.51 bits per heavy atom. The third-order valence-corrected chi connectivity index (χ3v) is 7.10. The fourth-order valence-corrected chi connectivity index (χ4v) is 5.24. The highest BCUT2D eigenvalue weighted by Crippen LogP contribution is 2.36. The predicted molar refractivity (Wildman–Crippen MR) is 138 cm³/mol. The van der Waals surface area contributed by atoms with Crippen molar-refractivity contribution in [3.8, 4) is 22.5 Å². The summed E-state index contributed by atoms with van der Waals surface area (Å²) < 4.78 is 5.57. The van der Waals surface area contributed by atoms with E-state index in [9.17, 15) is 4.79 Å². The largest absolute Gasteiger partial charge is 0.292 e. The Kier molecular flexibility index (Phi) is 5.97. The van der Waals surface area contributed by atoms with Crippen molar-refractivity contribution in [2.24, 2.45) is 7.05 Å². The lowest BCUT2D eigenvalue weighted by atomic mass is 10.0. The van der Waals surface area contributed by atoms with Crippen LogP contribution in [0, 0.1) is 13.8 Å². The van der Waals surface area contributed by atoms with Gasteiger partial charge in [-0.1, -0.05) is 35.3 Å². The van der Waals surface area contributed by atoms with Crippen molar-refractivity contribution in [3.63, 3.8) is 0 Å². The number of nitrogens with zero attached hydrogens (tertiary/aromatic N) is 7. The first-order valence-corrected chi connectivity index (χ1v) is 12.3. The van der Waals surface area contributed by atoms with Crippen molar-refractivity contribution in [1.29, 1.82) is 0 Å². The monoisotopic (exact) mass is 511 g/mol. The number of aryl methyl sites for hydroxylation is 3. The molecule has 0 spiro atoms. The maximum atomic E-state index is 13.0. The van der Waals surface area contributed by atoms with E-state index in [1.54, 1.807) is 11.1 Å². The molecule has 1 amide bonds. The molecule has 5 rings (SSSR count). The van der Waals surface area contributed by atoms with Gasteiger partial charge in [0.05, 0.1) is 30.0 Å². The quantitative estimate of drug-likeness (QED) is 0.350. The highest BCUT2D eigenvalue weighted by Gasteiger charge is 2.28. The Morgan fingerprint density at radius 2 is 1.86 bits per heavy atom. The summed E-state index contributed by atoms with van der Waals surface area (Å²) in [5.41, 5.74) is 6.36. The first kappa shape index (κ1) is 23.6. The van der Waals surface area contributed by atoms with Crippen LogP contribution in [0.1, 0.15) is 43.3 Å². The highest BCUT2D eigenvalue weighted by molar-refractivity contribution is 6.33. The second-order valence-electron chi connectivity index (χ2n) is 9.20. The zero-order chi connectivity index (χ0) is 25.0. The number of aromatic nitrogens is 6. The van der Waals surface area contributed by atoms with Crippen LogP contribution in [0.2, 0.25) is 10.0 Å². The van der Waals surface area contributed by atoms with Crippen LogP contribution in [0.15, 0.2) is 30.5 Å². The summed E-state index contributed by atoms with van der Waals surface area (Å²) >= 11 is 13.2. The molecule has 0 atom stereocenters. The van der Waals surface area contributed by atoms with Crippen molar-refractivity contribution in [2.45, 2.75) is 53.2 Å². The molecule has 4 heterocycles. The first-order valence-electron chi connectivity index (χ1n) is 11.6. The molecule has 0 saturated heterocycles. The summed E-state index contributed by atoms with van der Waals surface area (Å²) in [6, 6.07) is 7.99. The molecule has 3 aromatic heterocycles. The van der Waals surface area contributed by atoms with E-state index in [1.807, 2.05) is 73.1 Å². The molecule has 1 aliphatic heterocycles. The van der Waals surface area contributed by atoms with Gasteiger partial charge in [-0.3, -0.25) is 19.1 Å². The van der Waals surface area contributed by atoms with Gasteiger partial charge >= 0.3 is 0 Å². The molecule has 0 N–H and O–H groups in total. The normalized spacial score (nSPS) is 13.7. The van der Waals surface area contributed by atoms with Crippen LogP contribution in [0.4, 0.5) is 5.82 Å². The predicted octanol–water partition coefficient (Wildman–Crippen LogP) is 5.59. The van der Waals surface area contributed by atoms with Gasteiger partial charge in [-0.25, -0.2) is 4.68 Å². The van der Waals surface area contributed by atoms with Crippen molar-refractivity contribution in [1.82, 2.24) is 29.3 Å². The van der Waals surface area contributed by atoms with Gasteiger partial charge in [0.1, 0.15) is 17.2 Å². The lowest BCUT2D eigenvalue weighted by Gasteiger charge is -2.27. The van der Waals surface area contributed by atoms with Gasteiger partial charge in [0.15, 0.2) is 0 Å². The van der Waals surface area contributed by atoms with Crippen molar-refractivity contribution >= 4 is 34.9 Å². The minimum absolute atomic E-state index is 0.0477. The number of halogens is 2. The van der Waals surface area contributed by atoms with Gasteiger partial charge in [-0.2, -0.15) is 15.3 Å². The highest BCUT2D eigenvalue weighted by atomic mass is 35.5. The number of benzene rings is 1. The number of hydrogen-bond donors (Lipinski definition) is 0. The number of fused-ring (bicyclic) bond motifs is 1. The molecule has 1 aromatic carbocycles. The average Bonchev–Trinajstić information content (AvgIpc) is 3.46. The molecule has 0 aliphatic carbocycles. The molecular formula is C25H27Cl2N7O. The summed E-state index contributed by atoms with van der Waals surface area (Å²) in [5.74, 6) is 0.787. The number of rotatable bonds is 5. The third-order valence-electron chi connectivity index (χ3n) is 6.51. The van der Waals surface area contributed by atoms with Crippen LogP contribution in [0.5, 0.6) is 0 Å². The van der Waals surface area contributed by atoms with Gasteiger partial charge < -0.3 is 0 Å². The van der Waals surface area contributed by atoms with Crippen molar-refractivity contribution in [2.75, 3.05) is 4.90 Å². The second-order valence-corrected chi connectivity index (χ2v) is 10.0. The summed E-state index contributed by atoms with van der Waals surface area (Å²) in [6.45, 7) is 9.02. The Balaban J connectivity index is 1.48. The summed E-state index contributed by atoms with van der Waals surface area (Å²) in [7, 11) is 1.93. The van der Waals surface area contributed by atoms with Gasteiger partial charge in [0.2, 0.25) is 5.91 Å². The van der Waals surface area contributed by atoms with Crippen LogP contribution in [-0.4, -0.2) is 35.2 Å². The Hall–Kier alpha value is -3.10. The lowest BCUT2D eigenvalue weighted by molar-refractivity contribution is -0.119. The summed E-state index contributed by atoms with van der Waals surface area (Å²) in [5, 5.41) is 14.8. The number of carbonyl (C=O) groups is 1. The average molecular weight is 512 g/mol. The minimum atomic E-state index is 0.0477. The van der Waals surface area contributed by atoms with Gasteiger partial charge in [-0.15, -0.1) is 0 Å². The zero-order valence-electron chi connectivity index (χ0n) is 20.4. The Bertz CT molecular complexity index is 1450. The topological polar surface area (TPSA) is 73.8 Å². The molecule has 1 aliphatic rings. The van der Waals surface area contributed by atoms with E-state index in [0.717, 1.165) is 39.6 Å². The number of carbonyl (C=O) groups excluding carboxylic acids is 1. The molecule has 8 nitrogen and oxygen atoms in total. The Morgan fingerprint density at radius 1 is 1.09 bits per heavy atom. The maximum Gasteiger partial charge on any atom is 0.230 e.